The lowest BCUT2D eigenvalue weighted by Gasteiger charge is -2.11. The summed E-state index contributed by atoms with van der Waals surface area (Å²) in [6, 6.07) is 7.99. The van der Waals surface area contributed by atoms with Gasteiger partial charge in [-0.15, -0.1) is 0 Å². The summed E-state index contributed by atoms with van der Waals surface area (Å²) in [5, 5.41) is 0. The topological polar surface area (TPSA) is 31.2 Å². The molecule has 0 bridgehead atoms. The van der Waals surface area contributed by atoms with Gasteiger partial charge in [0, 0.05) is 21.5 Å². The largest absolute Gasteiger partial charge is 0.465 e. The summed E-state index contributed by atoms with van der Waals surface area (Å²) in [6.07, 6.45) is 0. The first-order valence-corrected chi connectivity index (χ1v) is 6.78. The predicted octanol–water partition coefficient (Wildman–Crippen LogP) is 3.95. The van der Waals surface area contributed by atoms with E-state index < -0.39 is 0 Å². The van der Waals surface area contributed by atoms with Crippen LogP contribution in [0.5, 0.6) is 0 Å². The van der Waals surface area contributed by atoms with Crippen molar-refractivity contribution in [2.45, 2.75) is 20.8 Å². The van der Waals surface area contributed by atoms with Crippen LogP contribution >= 0.6 is 15.9 Å². The predicted molar refractivity (Wildman–Crippen MR) is 79.0 cm³/mol. The molecule has 19 heavy (non-hydrogen) atoms. The quantitative estimate of drug-likeness (QED) is 0.784. The van der Waals surface area contributed by atoms with E-state index >= 15 is 0 Å². The van der Waals surface area contributed by atoms with Crippen LogP contribution in [0.4, 0.5) is 0 Å². The Kier molecular flexibility index (Phi) is 3.80. The fourth-order valence-electron chi connectivity index (χ4n) is 2.24. The molecule has 1 aromatic heterocycles. The molecule has 0 aliphatic carbocycles. The number of benzene rings is 1. The number of ether oxygens (including phenoxy) is 1. The fraction of sp³-hybridized carbons (Fsp3) is 0.267. The van der Waals surface area contributed by atoms with Gasteiger partial charge in [0.15, 0.2) is 0 Å². The molecule has 3 nitrogen and oxygen atoms in total. The highest BCUT2D eigenvalue weighted by molar-refractivity contribution is 9.10. The van der Waals surface area contributed by atoms with E-state index in [0.29, 0.717) is 5.56 Å². The Morgan fingerprint density at radius 3 is 2.47 bits per heavy atom. The van der Waals surface area contributed by atoms with E-state index in [1.807, 2.05) is 39.0 Å². The SMILES string of the molecule is COC(=O)c1cc(C)n(-c2ccc(Br)c(C)c2)c1C. The molecule has 2 rings (SSSR count). The maximum Gasteiger partial charge on any atom is 0.339 e. The van der Waals surface area contributed by atoms with Gasteiger partial charge in [0.2, 0.25) is 0 Å². The number of rotatable bonds is 2. The minimum absolute atomic E-state index is 0.298. The summed E-state index contributed by atoms with van der Waals surface area (Å²) >= 11 is 3.50. The first kappa shape index (κ1) is 13.9. The molecule has 0 atom stereocenters. The normalized spacial score (nSPS) is 10.6. The summed E-state index contributed by atoms with van der Waals surface area (Å²) < 4.78 is 7.94. The van der Waals surface area contributed by atoms with Crippen molar-refractivity contribution in [1.29, 1.82) is 0 Å². The zero-order valence-corrected chi connectivity index (χ0v) is 13.0. The molecule has 1 heterocycles. The molecule has 2 aromatic rings. The van der Waals surface area contributed by atoms with Crippen molar-refractivity contribution in [1.82, 2.24) is 4.57 Å². The number of carbonyl (C=O) groups is 1. The van der Waals surface area contributed by atoms with Crippen LogP contribution in [0.2, 0.25) is 0 Å². The summed E-state index contributed by atoms with van der Waals surface area (Å²) in [7, 11) is 1.40. The monoisotopic (exact) mass is 321 g/mol. The standard InChI is InChI=1S/C15H16BrNO2/c1-9-7-12(5-6-14(9)16)17-10(2)8-13(11(17)3)15(18)19-4/h5-8H,1-4H3. The number of carbonyl (C=O) groups excluding carboxylic acids is 1. The zero-order valence-electron chi connectivity index (χ0n) is 11.5. The molecule has 0 fully saturated rings. The lowest BCUT2D eigenvalue weighted by molar-refractivity contribution is 0.0600. The van der Waals surface area contributed by atoms with E-state index in [9.17, 15) is 4.79 Å². The van der Waals surface area contributed by atoms with Gasteiger partial charge in [0.25, 0.3) is 0 Å². The van der Waals surface area contributed by atoms with Gasteiger partial charge in [-0.3, -0.25) is 0 Å². The van der Waals surface area contributed by atoms with Gasteiger partial charge in [-0.1, -0.05) is 15.9 Å². The number of aryl methyl sites for hydroxylation is 2. The van der Waals surface area contributed by atoms with Crippen molar-refractivity contribution in [3.63, 3.8) is 0 Å². The highest BCUT2D eigenvalue weighted by atomic mass is 79.9. The number of methoxy groups -OCH3 is 1. The Labute approximate surface area is 121 Å². The molecule has 0 aliphatic heterocycles. The maximum absolute atomic E-state index is 11.7. The lowest BCUT2D eigenvalue weighted by atomic mass is 10.2. The second-order valence-electron chi connectivity index (χ2n) is 4.55. The first-order chi connectivity index (χ1) is 8.95. The molecule has 1 aromatic carbocycles. The zero-order chi connectivity index (χ0) is 14.2. The van der Waals surface area contributed by atoms with Gasteiger partial charge in [0.1, 0.15) is 0 Å². The van der Waals surface area contributed by atoms with Gasteiger partial charge in [-0.05, 0) is 50.6 Å². The van der Waals surface area contributed by atoms with Gasteiger partial charge in [0.05, 0.1) is 12.7 Å². The summed E-state index contributed by atoms with van der Waals surface area (Å²) in [4.78, 5) is 11.7. The van der Waals surface area contributed by atoms with Crippen molar-refractivity contribution in [2.75, 3.05) is 7.11 Å². The molecule has 100 valence electrons. The van der Waals surface area contributed by atoms with E-state index in [2.05, 4.69) is 26.6 Å². The summed E-state index contributed by atoms with van der Waals surface area (Å²) in [6.45, 7) is 5.95. The molecule has 0 spiro atoms. The van der Waals surface area contributed by atoms with E-state index in [1.54, 1.807) is 0 Å². The Balaban J connectivity index is 2.59. The Bertz CT molecular complexity index is 644. The van der Waals surface area contributed by atoms with E-state index in [-0.39, 0.29) is 5.97 Å². The Morgan fingerprint density at radius 2 is 1.89 bits per heavy atom. The van der Waals surface area contributed by atoms with Crippen molar-refractivity contribution in [2.24, 2.45) is 0 Å². The molecule has 0 saturated heterocycles. The first-order valence-electron chi connectivity index (χ1n) is 5.99. The van der Waals surface area contributed by atoms with Crippen molar-refractivity contribution < 1.29 is 9.53 Å². The van der Waals surface area contributed by atoms with Crippen LogP contribution in [0.1, 0.15) is 27.3 Å². The fourth-order valence-corrected chi connectivity index (χ4v) is 2.49. The van der Waals surface area contributed by atoms with E-state index in [4.69, 9.17) is 4.74 Å². The smallest absolute Gasteiger partial charge is 0.339 e. The van der Waals surface area contributed by atoms with Crippen LogP contribution in [0.25, 0.3) is 5.69 Å². The molecule has 4 heteroatoms. The van der Waals surface area contributed by atoms with Crippen LogP contribution < -0.4 is 0 Å². The maximum atomic E-state index is 11.7. The van der Waals surface area contributed by atoms with Crippen LogP contribution in [-0.4, -0.2) is 17.6 Å². The van der Waals surface area contributed by atoms with E-state index in [1.165, 1.54) is 7.11 Å². The number of nitrogens with zero attached hydrogens (tertiary/aromatic N) is 1. The minimum Gasteiger partial charge on any atom is -0.465 e. The molecule has 0 radical (unpaired) electrons. The third kappa shape index (κ3) is 2.45. The van der Waals surface area contributed by atoms with Crippen molar-refractivity contribution >= 4 is 21.9 Å². The Hall–Kier alpha value is -1.55. The Morgan fingerprint density at radius 1 is 1.21 bits per heavy atom. The number of esters is 1. The second-order valence-corrected chi connectivity index (χ2v) is 5.40. The number of hydrogen-bond donors (Lipinski definition) is 0. The number of aromatic nitrogens is 1. The molecule has 0 amide bonds. The van der Waals surface area contributed by atoms with Crippen LogP contribution in [0.3, 0.4) is 0 Å². The minimum atomic E-state index is -0.298. The third-order valence-corrected chi connectivity index (χ3v) is 4.13. The lowest BCUT2D eigenvalue weighted by Crippen LogP contribution is -2.04. The summed E-state index contributed by atoms with van der Waals surface area (Å²) in [5.41, 5.74) is 4.72. The highest BCUT2D eigenvalue weighted by Gasteiger charge is 2.17. The number of halogens is 1. The second kappa shape index (κ2) is 5.21. The number of hydrogen-bond acceptors (Lipinski definition) is 2. The van der Waals surface area contributed by atoms with Gasteiger partial charge < -0.3 is 9.30 Å². The van der Waals surface area contributed by atoms with Gasteiger partial charge in [-0.25, -0.2) is 4.79 Å². The van der Waals surface area contributed by atoms with E-state index in [0.717, 1.165) is 27.1 Å². The average Bonchev–Trinajstić information content (AvgIpc) is 2.68. The molecule has 0 unspecified atom stereocenters. The molecular weight excluding hydrogens is 306 g/mol. The van der Waals surface area contributed by atoms with Crippen LogP contribution in [-0.2, 0) is 4.74 Å². The van der Waals surface area contributed by atoms with Crippen LogP contribution in [0.15, 0.2) is 28.7 Å². The van der Waals surface area contributed by atoms with Gasteiger partial charge >= 0.3 is 5.97 Å². The van der Waals surface area contributed by atoms with Gasteiger partial charge in [-0.2, -0.15) is 0 Å². The summed E-state index contributed by atoms with van der Waals surface area (Å²) in [5.74, 6) is -0.298. The third-order valence-electron chi connectivity index (χ3n) is 3.24. The van der Waals surface area contributed by atoms with Crippen molar-refractivity contribution in [3.05, 3.63) is 51.3 Å². The highest BCUT2D eigenvalue weighted by Crippen LogP contribution is 2.25. The molecular formula is C15H16BrNO2. The molecule has 0 aliphatic rings. The van der Waals surface area contributed by atoms with Crippen LogP contribution in [0, 0.1) is 20.8 Å². The van der Waals surface area contributed by atoms with Crippen molar-refractivity contribution in [3.8, 4) is 5.69 Å². The molecule has 0 N–H and O–H groups in total. The molecule has 0 saturated carbocycles. The average molecular weight is 322 g/mol.